The van der Waals surface area contributed by atoms with Crippen LogP contribution in [-0.4, -0.2) is 109 Å². The molecule has 0 unspecified atom stereocenters. The summed E-state index contributed by atoms with van der Waals surface area (Å²) in [6.45, 7) is -0.914. The summed E-state index contributed by atoms with van der Waals surface area (Å²) in [5, 5.41) is 70.5. The van der Waals surface area contributed by atoms with Crippen molar-refractivity contribution in [3.63, 3.8) is 0 Å². The molecule has 3 heterocycles. The van der Waals surface area contributed by atoms with Crippen molar-refractivity contribution in [3.05, 3.63) is 36.0 Å². The number of nitrogens with zero attached hydrogens (tertiary/aromatic N) is 1. The Morgan fingerprint density at radius 3 is 2.48 bits per heavy atom. The molecule has 2 fully saturated rings. The molecule has 0 saturated carbocycles. The number of ether oxygens (including phenoxy) is 3. The molecule has 0 amide bonds. The topological polar surface area (TPSA) is 191 Å². The van der Waals surface area contributed by atoms with Crippen molar-refractivity contribution >= 4 is 16.9 Å². The molecule has 2 aromatic rings. The lowest BCUT2D eigenvalue weighted by Crippen LogP contribution is -2.62. The third-order valence-electron chi connectivity index (χ3n) is 6.03. The minimum Gasteiger partial charge on any atom is -0.481 e. The zero-order valence-electron chi connectivity index (χ0n) is 17.4. The van der Waals surface area contributed by atoms with E-state index < -0.39 is 67.8 Å². The number of hydrogen-bond donors (Lipinski definition) is 7. The number of aliphatic carboxylic acids is 1. The van der Waals surface area contributed by atoms with Crippen LogP contribution < -0.4 is 0 Å². The van der Waals surface area contributed by atoms with Crippen LogP contribution in [0.25, 0.3) is 10.9 Å². The van der Waals surface area contributed by atoms with Crippen LogP contribution in [0.15, 0.2) is 30.5 Å². The molecule has 2 saturated heterocycles. The van der Waals surface area contributed by atoms with Gasteiger partial charge in [0.2, 0.25) is 0 Å². The van der Waals surface area contributed by atoms with Crippen LogP contribution in [0.3, 0.4) is 0 Å². The van der Waals surface area contributed by atoms with E-state index in [1.54, 1.807) is 35.0 Å². The second-order valence-electron chi connectivity index (χ2n) is 8.23. The summed E-state index contributed by atoms with van der Waals surface area (Å²) in [6, 6.07) is 6.96. The number of carboxylic acid groups (broad SMARTS) is 1. The average Bonchev–Trinajstić information content (AvgIpc) is 3.14. The van der Waals surface area contributed by atoms with Crippen LogP contribution in [0.1, 0.15) is 11.8 Å². The SMILES string of the molecule is O=C(O)Cc1cn([C@@H]2OC[C@H](O)[C@@H](O)[C@@H]2O[C@@H]2O[C@H](CO)[C@@H](O)[C@H](O)[C@H]2O)c2ccccc12. The molecule has 1 aromatic carbocycles. The monoisotopic (exact) mass is 469 g/mol. The lowest BCUT2D eigenvalue weighted by atomic mass is 9.98. The number of benzene rings is 1. The highest BCUT2D eigenvalue weighted by atomic mass is 16.7. The number of carboxylic acids is 1. The first-order valence-electron chi connectivity index (χ1n) is 10.5. The van der Waals surface area contributed by atoms with Crippen LogP contribution in [0.5, 0.6) is 0 Å². The zero-order valence-corrected chi connectivity index (χ0v) is 17.4. The van der Waals surface area contributed by atoms with E-state index in [1.165, 1.54) is 0 Å². The quantitative estimate of drug-likeness (QED) is 0.241. The van der Waals surface area contributed by atoms with Crippen molar-refractivity contribution in [3.8, 4) is 0 Å². The van der Waals surface area contributed by atoms with E-state index in [2.05, 4.69) is 0 Å². The Morgan fingerprint density at radius 2 is 1.79 bits per heavy atom. The van der Waals surface area contributed by atoms with Crippen LogP contribution in [-0.2, 0) is 25.4 Å². The molecule has 0 bridgehead atoms. The van der Waals surface area contributed by atoms with Crippen molar-refractivity contribution in [2.45, 2.75) is 61.7 Å². The number of hydrogen-bond acceptors (Lipinski definition) is 10. The summed E-state index contributed by atoms with van der Waals surface area (Å²) in [6.07, 6.45) is -11.8. The van der Waals surface area contributed by atoms with Gasteiger partial charge in [-0.1, -0.05) is 18.2 Å². The van der Waals surface area contributed by atoms with Crippen molar-refractivity contribution in [2.24, 2.45) is 0 Å². The summed E-state index contributed by atoms with van der Waals surface area (Å²) in [7, 11) is 0. The normalized spacial score (nSPS) is 37.3. The first-order chi connectivity index (χ1) is 15.7. The number of fused-ring (bicyclic) bond motifs is 1. The number of aliphatic hydroxyl groups is 6. The minimum atomic E-state index is -1.72. The molecule has 12 nitrogen and oxygen atoms in total. The van der Waals surface area contributed by atoms with Crippen LogP contribution in [0.2, 0.25) is 0 Å². The van der Waals surface area contributed by atoms with Crippen molar-refractivity contribution in [1.29, 1.82) is 0 Å². The van der Waals surface area contributed by atoms with Crippen molar-refractivity contribution < 1.29 is 54.8 Å². The van der Waals surface area contributed by atoms with Gasteiger partial charge in [0.1, 0.15) is 42.7 Å². The van der Waals surface area contributed by atoms with Gasteiger partial charge in [-0.05, 0) is 11.6 Å². The molecule has 2 aliphatic heterocycles. The van der Waals surface area contributed by atoms with Gasteiger partial charge in [0.25, 0.3) is 0 Å². The third kappa shape index (κ3) is 4.49. The lowest BCUT2D eigenvalue weighted by Gasteiger charge is -2.44. The second kappa shape index (κ2) is 9.62. The van der Waals surface area contributed by atoms with E-state index in [0.717, 1.165) is 0 Å². The Labute approximate surface area is 187 Å². The molecule has 0 spiro atoms. The molecule has 2 aliphatic rings. The van der Waals surface area contributed by atoms with Gasteiger partial charge in [0.15, 0.2) is 12.5 Å². The van der Waals surface area contributed by atoms with Crippen LogP contribution in [0, 0.1) is 0 Å². The number of rotatable bonds is 6. The smallest absolute Gasteiger partial charge is 0.307 e. The maximum absolute atomic E-state index is 11.3. The minimum absolute atomic E-state index is 0.249. The molecule has 33 heavy (non-hydrogen) atoms. The number of aliphatic hydroxyl groups excluding tert-OH is 6. The first kappa shape index (κ1) is 24.0. The maximum atomic E-state index is 11.3. The fraction of sp³-hybridized carbons (Fsp3) is 0.571. The number of para-hydroxylation sites is 1. The van der Waals surface area contributed by atoms with E-state index in [-0.39, 0.29) is 13.0 Å². The molecule has 4 rings (SSSR count). The highest BCUT2D eigenvalue weighted by molar-refractivity contribution is 5.87. The Kier molecular flexibility index (Phi) is 7.00. The van der Waals surface area contributed by atoms with E-state index in [9.17, 15) is 40.5 Å². The van der Waals surface area contributed by atoms with Gasteiger partial charge in [-0.15, -0.1) is 0 Å². The summed E-state index contributed by atoms with van der Waals surface area (Å²) >= 11 is 0. The van der Waals surface area contributed by atoms with E-state index in [0.29, 0.717) is 16.5 Å². The Morgan fingerprint density at radius 1 is 1.06 bits per heavy atom. The van der Waals surface area contributed by atoms with E-state index in [1.807, 2.05) is 0 Å². The molecule has 182 valence electrons. The van der Waals surface area contributed by atoms with E-state index >= 15 is 0 Å². The van der Waals surface area contributed by atoms with Gasteiger partial charge >= 0.3 is 5.97 Å². The Balaban J connectivity index is 1.69. The molecule has 1 aromatic heterocycles. The standard InChI is InChI=1S/C21H27NO11/c23-7-13-16(28)17(29)18(30)21(32-13)33-19-15(27)12(24)8-31-20(19)22-6-9(5-14(25)26)10-3-1-2-4-11(10)22/h1-4,6,12-13,15-21,23-24,27-30H,5,7-8H2,(H,25,26)/t12-,13+,15+,16+,17-,18+,19-,20+,21-/m0/s1. The predicted octanol–water partition coefficient (Wildman–Crippen LogP) is -2.30. The largest absolute Gasteiger partial charge is 0.481 e. The molecule has 0 radical (unpaired) electrons. The summed E-state index contributed by atoms with van der Waals surface area (Å²) in [5.41, 5.74) is 1.08. The molecule has 9 atom stereocenters. The molecular weight excluding hydrogens is 442 g/mol. The first-order valence-corrected chi connectivity index (χ1v) is 10.5. The molecule has 0 aliphatic carbocycles. The average molecular weight is 469 g/mol. The van der Waals surface area contributed by atoms with Crippen LogP contribution >= 0.6 is 0 Å². The molecular formula is C21H27NO11. The Bertz CT molecular complexity index is 978. The predicted molar refractivity (Wildman–Crippen MR) is 109 cm³/mol. The summed E-state index contributed by atoms with van der Waals surface area (Å²) < 4.78 is 18.4. The van der Waals surface area contributed by atoms with Crippen molar-refractivity contribution in [2.75, 3.05) is 13.2 Å². The van der Waals surface area contributed by atoms with E-state index in [4.69, 9.17) is 14.2 Å². The fourth-order valence-electron chi connectivity index (χ4n) is 4.29. The maximum Gasteiger partial charge on any atom is 0.307 e. The Hall–Kier alpha value is -2.13. The van der Waals surface area contributed by atoms with Crippen molar-refractivity contribution in [1.82, 2.24) is 4.57 Å². The highest BCUT2D eigenvalue weighted by Gasteiger charge is 2.49. The van der Waals surface area contributed by atoms with Crippen LogP contribution in [0.4, 0.5) is 0 Å². The summed E-state index contributed by atoms with van der Waals surface area (Å²) in [5.74, 6) is -1.04. The van der Waals surface area contributed by atoms with Gasteiger partial charge in [-0.2, -0.15) is 0 Å². The van der Waals surface area contributed by atoms with Gasteiger partial charge in [0, 0.05) is 11.6 Å². The molecule has 12 heteroatoms. The second-order valence-corrected chi connectivity index (χ2v) is 8.23. The highest BCUT2D eigenvalue weighted by Crippen LogP contribution is 2.35. The lowest BCUT2D eigenvalue weighted by molar-refractivity contribution is -0.341. The number of aromatic nitrogens is 1. The zero-order chi connectivity index (χ0) is 23.9. The van der Waals surface area contributed by atoms with Gasteiger partial charge < -0.3 is 54.5 Å². The summed E-state index contributed by atoms with van der Waals surface area (Å²) in [4.78, 5) is 11.3. The van der Waals surface area contributed by atoms with Gasteiger partial charge in [-0.25, -0.2) is 0 Å². The van der Waals surface area contributed by atoms with Gasteiger partial charge in [-0.3, -0.25) is 4.79 Å². The third-order valence-corrected chi connectivity index (χ3v) is 6.03. The fourth-order valence-corrected chi connectivity index (χ4v) is 4.29. The van der Waals surface area contributed by atoms with Gasteiger partial charge in [0.05, 0.1) is 25.2 Å². The number of carbonyl (C=O) groups is 1. The molecule has 7 N–H and O–H groups in total.